The number of benzene rings is 2. The summed E-state index contributed by atoms with van der Waals surface area (Å²) in [4.78, 5) is 0. The fourth-order valence-corrected chi connectivity index (χ4v) is 4.62. The number of hydrogen-bond donors (Lipinski definition) is 2. The van der Waals surface area contributed by atoms with Gasteiger partial charge in [0, 0.05) is 16.8 Å². The van der Waals surface area contributed by atoms with Crippen molar-refractivity contribution in [1.82, 2.24) is 0 Å². The topological polar surface area (TPSA) is 69.1 Å². The van der Waals surface area contributed by atoms with Gasteiger partial charge in [-0.25, -0.2) is 0 Å². The van der Waals surface area contributed by atoms with E-state index in [4.69, 9.17) is 11.5 Å². The van der Waals surface area contributed by atoms with E-state index in [1.807, 2.05) is 60.7 Å². The van der Waals surface area contributed by atoms with Crippen LogP contribution in [-0.2, 0) is 4.57 Å². The Hall–Kier alpha value is -1.41. The molecule has 94 valence electrons. The highest BCUT2D eigenvalue weighted by Gasteiger charge is 2.28. The minimum absolute atomic E-state index is 0.279. The van der Waals surface area contributed by atoms with Crippen molar-refractivity contribution >= 4 is 17.8 Å². The van der Waals surface area contributed by atoms with Crippen molar-refractivity contribution in [3.8, 4) is 0 Å². The smallest absolute Gasteiger partial charge is 0.146 e. The second kappa shape index (κ2) is 5.49. The van der Waals surface area contributed by atoms with E-state index in [1.165, 1.54) is 0 Å². The molecule has 0 saturated heterocycles. The molecule has 0 aliphatic carbocycles. The lowest BCUT2D eigenvalue weighted by Gasteiger charge is -2.21. The minimum atomic E-state index is -2.73. The molecule has 0 radical (unpaired) electrons. The lowest BCUT2D eigenvalue weighted by atomic mass is 10.4. The summed E-state index contributed by atoms with van der Waals surface area (Å²) in [7, 11) is -2.73. The van der Waals surface area contributed by atoms with Crippen LogP contribution >= 0.6 is 7.14 Å². The van der Waals surface area contributed by atoms with Gasteiger partial charge in [0.25, 0.3) is 0 Å². The van der Waals surface area contributed by atoms with E-state index >= 15 is 0 Å². The van der Waals surface area contributed by atoms with Gasteiger partial charge in [0.15, 0.2) is 0 Å². The molecule has 18 heavy (non-hydrogen) atoms. The zero-order valence-corrected chi connectivity index (χ0v) is 11.0. The van der Waals surface area contributed by atoms with Crippen molar-refractivity contribution < 1.29 is 4.57 Å². The minimum Gasteiger partial charge on any atom is -0.316 e. The van der Waals surface area contributed by atoms with Crippen LogP contribution in [0.4, 0.5) is 0 Å². The molecule has 0 heterocycles. The summed E-state index contributed by atoms with van der Waals surface area (Å²) in [6.07, 6.45) is -0.308. The van der Waals surface area contributed by atoms with Crippen LogP contribution in [0.1, 0.15) is 0 Å². The van der Waals surface area contributed by atoms with E-state index in [0.717, 1.165) is 10.6 Å². The highest BCUT2D eigenvalue weighted by Crippen LogP contribution is 2.42. The summed E-state index contributed by atoms with van der Waals surface area (Å²) in [5, 5.41) is 1.61. The zero-order valence-electron chi connectivity index (χ0n) is 10.1. The zero-order chi connectivity index (χ0) is 13.0. The molecule has 0 saturated carbocycles. The molecule has 0 fully saturated rings. The Morgan fingerprint density at radius 3 is 1.56 bits per heavy atom. The molecule has 0 bridgehead atoms. The Balaban J connectivity index is 2.52. The van der Waals surface area contributed by atoms with Gasteiger partial charge in [0.05, 0.1) is 6.17 Å². The summed E-state index contributed by atoms with van der Waals surface area (Å²) in [6.45, 7) is 0. The Morgan fingerprint density at radius 2 is 1.22 bits per heavy atom. The summed E-state index contributed by atoms with van der Waals surface area (Å²) >= 11 is 0. The van der Waals surface area contributed by atoms with Gasteiger partial charge >= 0.3 is 0 Å². The predicted molar refractivity (Wildman–Crippen MR) is 76.8 cm³/mol. The Kier molecular flexibility index (Phi) is 3.97. The van der Waals surface area contributed by atoms with Gasteiger partial charge < -0.3 is 16.0 Å². The van der Waals surface area contributed by atoms with Crippen LogP contribution in [0, 0.1) is 0 Å². The molecule has 0 spiro atoms. The maximum Gasteiger partial charge on any atom is 0.146 e. The number of hydrogen-bond acceptors (Lipinski definition) is 3. The standard InChI is InChI=1S/C14H17N2OP/c15-14(16)11-18(17,12-7-3-1-4-8-12)13-9-5-2-6-10-13/h1-10,14H,11,15-16H2. The SMILES string of the molecule is NC(N)CP(=O)(c1ccccc1)c1ccccc1. The first kappa shape index (κ1) is 13.0. The van der Waals surface area contributed by atoms with E-state index in [2.05, 4.69) is 0 Å². The van der Waals surface area contributed by atoms with Crippen molar-refractivity contribution in [2.45, 2.75) is 6.17 Å². The fraction of sp³-hybridized carbons (Fsp3) is 0.143. The highest BCUT2D eigenvalue weighted by molar-refractivity contribution is 7.78. The van der Waals surface area contributed by atoms with E-state index in [1.54, 1.807) is 0 Å². The number of rotatable bonds is 4. The average molecular weight is 260 g/mol. The van der Waals surface area contributed by atoms with Crippen LogP contribution in [0.25, 0.3) is 0 Å². The van der Waals surface area contributed by atoms with Crippen molar-refractivity contribution in [2.75, 3.05) is 6.16 Å². The van der Waals surface area contributed by atoms with Gasteiger partial charge in [-0.1, -0.05) is 60.7 Å². The summed E-state index contributed by atoms with van der Waals surface area (Å²) < 4.78 is 13.3. The lowest BCUT2D eigenvalue weighted by molar-refractivity contribution is 0.582. The third-order valence-corrected chi connectivity index (χ3v) is 6.01. The molecule has 2 aromatic carbocycles. The highest BCUT2D eigenvalue weighted by atomic mass is 31.2. The second-order valence-electron chi connectivity index (χ2n) is 4.26. The normalized spacial score (nSPS) is 11.7. The summed E-state index contributed by atoms with van der Waals surface area (Å²) in [5.74, 6) is 0. The van der Waals surface area contributed by atoms with Crippen LogP contribution in [0.5, 0.6) is 0 Å². The molecular formula is C14H17N2OP. The van der Waals surface area contributed by atoms with Crippen LogP contribution < -0.4 is 22.1 Å². The molecule has 0 aliphatic heterocycles. The van der Waals surface area contributed by atoms with Crippen LogP contribution in [0.2, 0.25) is 0 Å². The number of nitrogens with two attached hydrogens (primary N) is 2. The molecule has 0 atom stereocenters. The van der Waals surface area contributed by atoms with Crippen molar-refractivity contribution in [1.29, 1.82) is 0 Å². The second-order valence-corrected chi connectivity index (χ2v) is 7.13. The third-order valence-electron chi connectivity index (χ3n) is 2.81. The molecule has 4 heteroatoms. The molecule has 0 unspecified atom stereocenters. The first-order chi connectivity index (χ1) is 8.63. The van der Waals surface area contributed by atoms with Crippen LogP contribution in [-0.4, -0.2) is 12.3 Å². The van der Waals surface area contributed by atoms with E-state index in [0.29, 0.717) is 0 Å². The molecular weight excluding hydrogens is 243 g/mol. The molecule has 0 aromatic heterocycles. The molecule has 0 amide bonds. The quantitative estimate of drug-likeness (QED) is 0.642. The maximum absolute atomic E-state index is 13.3. The molecule has 2 aromatic rings. The molecule has 0 aliphatic rings. The monoisotopic (exact) mass is 260 g/mol. The van der Waals surface area contributed by atoms with Crippen molar-refractivity contribution in [3.05, 3.63) is 60.7 Å². The van der Waals surface area contributed by atoms with Crippen LogP contribution in [0.15, 0.2) is 60.7 Å². The first-order valence-corrected chi connectivity index (χ1v) is 7.73. The van der Waals surface area contributed by atoms with Gasteiger partial charge in [-0.2, -0.15) is 0 Å². The summed E-state index contributed by atoms with van der Waals surface area (Å²) in [5.41, 5.74) is 11.3. The largest absolute Gasteiger partial charge is 0.316 e. The third kappa shape index (κ3) is 2.70. The van der Waals surface area contributed by atoms with E-state index in [9.17, 15) is 4.57 Å². The predicted octanol–water partition coefficient (Wildman–Crippen LogP) is 1.24. The molecule has 3 nitrogen and oxygen atoms in total. The summed E-state index contributed by atoms with van der Waals surface area (Å²) in [6, 6.07) is 18.8. The van der Waals surface area contributed by atoms with Gasteiger partial charge in [0.2, 0.25) is 0 Å². The van der Waals surface area contributed by atoms with Crippen LogP contribution in [0.3, 0.4) is 0 Å². The van der Waals surface area contributed by atoms with E-state index in [-0.39, 0.29) is 6.16 Å². The Morgan fingerprint density at radius 1 is 0.833 bits per heavy atom. The average Bonchev–Trinajstić information content (AvgIpc) is 2.40. The lowest BCUT2D eigenvalue weighted by Crippen LogP contribution is -2.37. The fourth-order valence-electron chi connectivity index (χ4n) is 1.99. The Labute approximate surface area is 107 Å². The molecule has 4 N–H and O–H groups in total. The Bertz CT molecular complexity index is 497. The van der Waals surface area contributed by atoms with Gasteiger partial charge in [-0.3, -0.25) is 0 Å². The van der Waals surface area contributed by atoms with Crippen molar-refractivity contribution in [2.24, 2.45) is 11.5 Å². The van der Waals surface area contributed by atoms with Gasteiger partial charge in [-0.15, -0.1) is 0 Å². The van der Waals surface area contributed by atoms with Crippen molar-refractivity contribution in [3.63, 3.8) is 0 Å². The molecule has 2 rings (SSSR count). The van der Waals surface area contributed by atoms with Gasteiger partial charge in [-0.05, 0) is 0 Å². The first-order valence-electron chi connectivity index (χ1n) is 5.84. The van der Waals surface area contributed by atoms with E-state index < -0.39 is 13.3 Å². The van der Waals surface area contributed by atoms with Gasteiger partial charge in [0.1, 0.15) is 7.14 Å². The maximum atomic E-state index is 13.3.